The zero-order valence-electron chi connectivity index (χ0n) is 11.3. The van der Waals surface area contributed by atoms with Gasteiger partial charge in [0.05, 0.1) is 6.42 Å². The number of carbonyl (C=O) groups is 2. The number of benzene rings is 1. The van der Waals surface area contributed by atoms with Crippen molar-refractivity contribution in [3.05, 3.63) is 35.4 Å². The van der Waals surface area contributed by atoms with E-state index in [2.05, 4.69) is 0 Å². The van der Waals surface area contributed by atoms with Crippen molar-refractivity contribution in [2.24, 2.45) is 0 Å². The highest BCUT2D eigenvalue weighted by atomic mass is 32.2. The van der Waals surface area contributed by atoms with Crippen molar-refractivity contribution in [2.75, 3.05) is 19.3 Å². The molecule has 0 unspecified atom stereocenters. The van der Waals surface area contributed by atoms with Crippen molar-refractivity contribution in [3.8, 4) is 0 Å². The minimum absolute atomic E-state index is 0.0237. The molecule has 1 amide bonds. The first-order chi connectivity index (χ1) is 9.08. The average Bonchev–Trinajstić information content (AvgIpc) is 2.39. The zero-order valence-corrected chi connectivity index (χ0v) is 12.1. The third-order valence-corrected chi connectivity index (χ3v) is 3.37. The van der Waals surface area contributed by atoms with Gasteiger partial charge in [-0.05, 0) is 30.9 Å². The smallest absolute Gasteiger partial charge is 0.305 e. The lowest BCUT2D eigenvalue weighted by atomic mass is 10.1. The molecule has 0 heterocycles. The first-order valence-corrected chi connectivity index (χ1v) is 7.56. The average molecular weight is 281 g/mol. The standard InChI is InChI=1S/C14H19NO3S/c1-3-15(8-7-13(16)17)14(18)12-6-4-5-11(9-12)10-19-2/h4-6,9H,3,7-8,10H2,1-2H3,(H,16,17). The fourth-order valence-electron chi connectivity index (χ4n) is 1.78. The van der Waals surface area contributed by atoms with Crippen LogP contribution in [0.4, 0.5) is 0 Å². The SMILES string of the molecule is CCN(CCC(=O)O)C(=O)c1cccc(CSC)c1. The third-order valence-electron chi connectivity index (χ3n) is 2.75. The van der Waals surface area contributed by atoms with E-state index in [9.17, 15) is 9.59 Å². The first-order valence-electron chi connectivity index (χ1n) is 6.17. The van der Waals surface area contributed by atoms with Crippen LogP contribution in [0.3, 0.4) is 0 Å². The van der Waals surface area contributed by atoms with Crippen LogP contribution in [0.2, 0.25) is 0 Å². The third kappa shape index (κ3) is 4.95. The van der Waals surface area contributed by atoms with Crippen molar-refractivity contribution in [1.82, 2.24) is 4.90 Å². The van der Waals surface area contributed by atoms with E-state index in [1.54, 1.807) is 22.7 Å². The van der Waals surface area contributed by atoms with Crippen molar-refractivity contribution < 1.29 is 14.7 Å². The molecule has 0 saturated carbocycles. The van der Waals surface area contributed by atoms with Gasteiger partial charge in [0.1, 0.15) is 0 Å². The highest BCUT2D eigenvalue weighted by Gasteiger charge is 2.15. The van der Waals surface area contributed by atoms with Gasteiger partial charge in [-0.3, -0.25) is 9.59 Å². The summed E-state index contributed by atoms with van der Waals surface area (Å²) in [6, 6.07) is 7.50. The normalized spacial score (nSPS) is 10.2. The van der Waals surface area contributed by atoms with Crippen molar-refractivity contribution in [2.45, 2.75) is 19.1 Å². The highest BCUT2D eigenvalue weighted by molar-refractivity contribution is 7.97. The second kappa shape index (κ2) is 7.84. The van der Waals surface area contributed by atoms with Crippen LogP contribution < -0.4 is 0 Å². The Morgan fingerprint density at radius 2 is 2.11 bits per heavy atom. The van der Waals surface area contributed by atoms with Gasteiger partial charge in [0.2, 0.25) is 0 Å². The minimum Gasteiger partial charge on any atom is -0.481 e. The van der Waals surface area contributed by atoms with E-state index in [-0.39, 0.29) is 18.9 Å². The molecule has 0 aliphatic carbocycles. The van der Waals surface area contributed by atoms with E-state index in [4.69, 9.17) is 5.11 Å². The van der Waals surface area contributed by atoms with E-state index in [0.717, 1.165) is 11.3 Å². The molecule has 5 heteroatoms. The predicted molar refractivity (Wildman–Crippen MR) is 77.5 cm³/mol. The van der Waals surface area contributed by atoms with Crippen molar-refractivity contribution in [3.63, 3.8) is 0 Å². The highest BCUT2D eigenvalue weighted by Crippen LogP contribution is 2.13. The molecule has 0 spiro atoms. The van der Waals surface area contributed by atoms with Gasteiger partial charge in [0, 0.05) is 24.4 Å². The molecule has 0 aliphatic rings. The van der Waals surface area contributed by atoms with Gasteiger partial charge in [0.15, 0.2) is 0 Å². The van der Waals surface area contributed by atoms with Crippen LogP contribution in [0.25, 0.3) is 0 Å². The maximum atomic E-state index is 12.3. The Bertz CT molecular complexity index is 448. The van der Waals surface area contributed by atoms with Crippen LogP contribution >= 0.6 is 11.8 Å². The number of carboxylic acids is 1. The van der Waals surface area contributed by atoms with Gasteiger partial charge in [0.25, 0.3) is 5.91 Å². The Kier molecular flexibility index (Phi) is 6.42. The van der Waals surface area contributed by atoms with E-state index >= 15 is 0 Å². The van der Waals surface area contributed by atoms with Crippen LogP contribution in [0, 0.1) is 0 Å². The fraction of sp³-hybridized carbons (Fsp3) is 0.429. The molecular formula is C14H19NO3S. The molecule has 4 nitrogen and oxygen atoms in total. The molecule has 0 saturated heterocycles. The maximum absolute atomic E-state index is 12.3. The number of rotatable bonds is 7. The van der Waals surface area contributed by atoms with Crippen LogP contribution in [-0.2, 0) is 10.5 Å². The number of amides is 1. The lowest BCUT2D eigenvalue weighted by molar-refractivity contribution is -0.137. The molecule has 0 radical (unpaired) electrons. The molecule has 0 bridgehead atoms. The van der Waals surface area contributed by atoms with Gasteiger partial charge in [-0.25, -0.2) is 0 Å². The minimum atomic E-state index is -0.887. The van der Waals surface area contributed by atoms with Crippen molar-refractivity contribution in [1.29, 1.82) is 0 Å². The number of carbonyl (C=O) groups excluding carboxylic acids is 1. The molecular weight excluding hydrogens is 262 g/mol. The second-order valence-corrected chi connectivity index (χ2v) is 5.03. The molecule has 104 valence electrons. The Morgan fingerprint density at radius 1 is 1.37 bits per heavy atom. The van der Waals surface area contributed by atoms with Gasteiger partial charge < -0.3 is 10.0 Å². The fourth-order valence-corrected chi connectivity index (χ4v) is 2.29. The molecule has 0 aliphatic heterocycles. The molecule has 0 atom stereocenters. The van der Waals surface area contributed by atoms with Gasteiger partial charge in [-0.1, -0.05) is 12.1 Å². The zero-order chi connectivity index (χ0) is 14.3. The van der Waals surface area contributed by atoms with Crippen LogP contribution in [0.1, 0.15) is 29.3 Å². The molecule has 19 heavy (non-hydrogen) atoms. The number of nitrogens with zero attached hydrogens (tertiary/aromatic N) is 1. The molecule has 1 N–H and O–H groups in total. The largest absolute Gasteiger partial charge is 0.481 e. The number of thioether (sulfide) groups is 1. The summed E-state index contributed by atoms with van der Waals surface area (Å²) >= 11 is 1.70. The molecule has 0 fully saturated rings. The van der Waals surface area contributed by atoms with E-state index < -0.39 is 5.97 Å². The summed E-state index contributed by atoms with van der Waals surface area (Å²) in [6.45, 7) is 2.61. The predicted octanol–water partition coefficient (Wildman–Crippen LogP) is 2.49. The second-order valence-electron chi connectivity index (χ2n) is 4.16. The number of carboxylic acid groups (broad SMARTS) is 1. The maximum Gasteiger partial charge on any atom is 0.305 e. The molecule has 0 aromatic heterocycles. The topological polar surface area (TPSA) is 57.6 Å². The van der Waals surface area contributed by atoms with Crippen LogP contribution in [0.15, 0.2) is 24.3 Å². The van der Waals surface area contributed by atoms with Gasteiger partial charge in [-0.15, -0.1) is 0 Å². The Labute approximate surface area is 117 Å². The Morgan fingerprint density at radius 3 is 2.68 bits per heavy atom. The summed E-state index contributed by atoms with van der Waals surface area (Å²) in [5.41, 5.74) is 1.73. The summed E-state index contributed by atoms with van der Waals surface area (Å²) < 4.78 is 0. The summed E-state index contributed by atoms with van der Waals surface area (Å²) in [5.74, 6) is -0.128. The monoisotopic (exact) mass is 281 g/mol. The summed E-state index contributed by atoms with van der Waals surface area (Å²) in [7, 11) is 0. The number of aliphatic carboxylic acids is 1. The summed E-state index contributed by atoms with van der Waals surface area (Å²) in [4.78, 5) is 24.4. The van der Waals surface area contributed by atoms with Gasteiger partial charge in [-0.2, -0.15) is 11.8 Å². The van der Waals surface area contributed by atoms with Crippen LogP contribution in [0.5, 0.6) is 0 Å². The van der Waals surface area contributed by atoms with E-state index in [1.165, 1.54) is 0 Å². The molecule has 1 rings (SSSR count). The van der Waals surface area contributed by atoms with Crippen LogP contribution in [-0.4, -0.2) is 41.2 Å². The van der Waals surface area contributed by atoms with Crippen molar-refractivity contribution >= 4 is 23.6 Å². The number of hydrogen-bond acceptors (Lipinski definition) is 3. The van der Waals surface area contributed by atoms with Gasteiger partial charge >= 0.3 is 5.97 Å². The molecule has 1 aromatic carbocycles. The first kappa shape index (κ1) is 15.6. The lowest BCUT2D eigenvalue weighted by Crippen LogP contribution is -2.32. The summed E-state index contributed by atoms with van der Waals surface area (Å²) in [6.07, 6.45) is 1.99. The number of hydrogen-bond donors (Lipinski definition) is 1. The van der Waals surface area contributed by atoms with E-state index in [0.29, 0.717) is 12.1 Å². The summed E-state index contributed by atoms with van der Waals surface area (Å²) in [5, 5.41) is 8.68. The van der Waals surface area contributed by atoms with E-state index in [1.807, 2.05) is 31.4 Å². The Hall–Kier alpha value is -1.49. The Balaban J connectivity index is 2.78. The lowest BCUT2D eigenvalue weighted by Gasteiger charge is -2.20. The molecule has 1 aromatic rings. The quantitative estimate of drug-likeness (QED) is 0.834.